The van der Waals surface area contributed by atoms with E-state index in [9.17, 15) is 0 Å². The highest BCUT2D eigenvalue weighted by molar-refractivity contribution is 5.67. The third-order valence-electron chi connectivity index (χ3n) is 4.78. The quantitative estimate of drug-likeness (QED) is 0.663. The second-order valence-electron chi connectivity index (χ2n) is 6.61. The molecule has 0 aliphatic heterocycles. The highest BCUT2D eigenvalue weighted by Crippen LogP contribution is 2.28. The van der Waals surface area contributed by atoms with E-state index in [0.29, 0.717) is 0 Å². The van der Waals surface area contributed by atoms with Crippen LogP contribution in [0.25, 0.3) is 22.8 Å². The molecule has 3 nitrogen and oxygen atoms in total. The summed E-state index contributed by atoms with van der Waals surface area (Å²) in [4.78, 5) is 14.0. The molecule has 0 saturated heterocycles. The fourth-order valence-corrected chi connectivity index (χ4v) is 2.64. The van der Waals surface area contributed by atoms with Crippen molar-refractivity contribution in [3.8, 4) is 22.8 Å². The predicted octanol–water partition coefficient (Wildman–Crippen LogP) is 5.06. The second kappa shape index (κ2) is 6.16. The monoisotopic (exact) mass is 317 g/mol. The molecule has 3 aromatic heterocycles. The highest BCUT2D eigenvalue weighted by Gasteiger charge is 2.13. The summed E-state index contributed by atoms with van der Waals surface area (Å²) >= 11 is 0. The number of nitrogens with zero attached hydrogens (tertiary/aromatic N) is 3. The smallest absolute Gasteiger partial charge is 0.0926 e. The molecular weight excluding hydrogens is 294 g/mol. The number of hydrogen-bond donors (Lipinski definition) is 0. The van der Waals surface area contributed by atoms with Crippen molar-refractivity contribution in [2.45, 2.75) is 41.5 Å². The van der Waals surface area contributed by atoms with E-state index in [2.05, 4.69) is 69.7 Å². The van der Waals surface area contributed by atoms with Gasteiger partial charge in [-0.3, -0.25) is 9.97 Å². The lowest BCUT2D eigenvalue weighted by molar-refractivity contribution is 1.14. The molecule has 0 atom stereocenters. The lowest BCUT2D eigenvalue weighted by atomic mass is 10.0. The van der Waals surface area contributed by atoms with Gasteiger partial charge in [0.15, 0.2) is 0 Å². The lowest BCUT2D eigenvalue weighted by Gasteiger charge is -2.12. The van der Waals surface area contributed by atoms with Gasteiger partial charge in [0.2, 0.25) is 0 Å². The Morgan fingerprint density at radius 2 is 1.04 bits per heavy atom. The average Bonchev–Trinajstić information content (AvgIpc) is 2.55. The summed E-state index contributed by atoms with van der Waals surface area (Å²) in [5, 5.41) is 0. The first-order valence-electron chi connectivity index (χ1n) is 8.22. The van der Waals surface area contributed by atoms with E-state index < -0.39 is 0 Å². The molecule has 0 aromatic carbocycles. The maximum Gasteiger partial charge on any atom is 0.0926 e. The zero-order chi connectivity index (χ0) is 17.4. The van der Waals surface area contributed by atoms with Gasteiger partial charge in [0.1, 0.15) is 0 Å². The van der Waals surface area contributed by atoms with E-state index in [1.807, 2.05) is 12.4 Å². The molecule has 0 radical (unpaired) electrons. The van der Waals surface area contributed by atoms with Crippen LogP contribution in [0.4, 0.5) is 0 Å². The molecule has 122 valence electrons. The fourth-order valence-electron chi connectivity index (χ4n) is 2.64. The van der Waals surface area contributed by atoms with Crippen LogP contribution in [0.1, 0.15) is 33.4 Å². The topological polar surface area (TPSA) is 38.7 Å². The first-order chi connectivity index (χ1) is 11.4. The zero-order valence-electron chi connectivity index (χ0n) is 15.2. The average molecular weight is 317 g/mol. The van der Waals surface area contributed by atoms with Crippen LogP contribution in [0, 0.1) is 41.5 Å². The van der Waals surface area contributed by atoms with Crippen molar-refractivity contribution in [3.05, 3.63) is 64.0 Å². The molecule has 0 aliphatic carbocycles. The van der Waals surface area contributed by atoms with Gasteiger partial charge in [0, 0.05) is 12.4 Å². The minimum Gasteiger partial charge on any atom is -0.254 e. The molecule has 3 heteroatoms. The second-order valence-corrected chi connectivity index (χ2v) is 6.61. The molecule has 3 heterocycles. The fraction of sp³-hybridized carbons (Fsp3) is 0.286. The number of aromatic nitrogens is 3. The molecule has 0 bridgehead atoms. The van der Waals surface area contributed by atoms with E-state index in [4.69, 9.17) is 4.98 Å². The third-order valence-corrected chi connectivity index (χ3v) is 4.78. The number of pyridine rings is 3. The van der Waals surface area contributed by atoms with Gasteiger partial charge in [0.05, 0.1) is 22.8 Å². The summed E-state index contributed by atoms with van der Waals surface area (Å²) < 4.78 is 0. The summed E-state index contributed by atoms with van der Waals surface area (Å²) in [6, 6.07) is 6.32. The maximum absolute atomic E-state index is 4.89. The van der Waals surface area contributed by atoms with Crippen molar-refractivity contribution >= 4 is 0 Å². The molecule has 3 aromatic rings. The third kappa shape index (κ3) is 2.94. The van der Waals surface area contributed by atoms with Crippen LogP contribution < -0.4 is 0 Å². The minimum absolute atomic E-state index is 0.899. The molecule has 0 N–H and O–H groups in total. The van der Waals surface area contributed by atoms with Crippen LogP contribution in [0.5, 0.6) is 0 Å². The van der Waals surface area contributed by atoms with Gasteiger partial charge in [-0.05, 0) is 93.1 Å². The Labute approximate surface area is 143 Å². The molecule has 0 fully saturated rings. The molecule has 0 saturated carbocycles. The molecular formula is C21H23N3. The van der Waals surface area contributed by atoms with Gasteiger partial charge < -0.3 is 0 Å². The van der Waals surface area contributed by atoms with Crippen LogP contribution in [0.2, 0.25) is 0 Å². The predicted molar refractivity (Wildman–Crippen MR) is 99.1 cm³/mol. The maximum atomic E-state index is 4.89. The molecule has 0 amide bonds. The summed E-state index contributed by atoms with van der Waals surface area (Å²) in [7, 11) is 0. The van der Waals surface area contributed by atoms with Gasteiger partial charge in [-0.2, -0.15) is 0 Å². The van der Waals surface area contributed by atoms with Crippen molar-refractivity contribution in [2.24, 2.45) is 0 Å². The van der Waals surface area contributed by atoms with E-state index in [1.165, 1.54) is 33.4 Å². The SMILES string of the molecule is Cc1cnc(-c2cc(C)c(C)c(-c3cc(C)c(C)cn3)n2)cc1C. The van der Waals surface area contributed by atoms with Crippen molar-refractivity contribution in [2.75, 3.05) is 0 Å². The normalized spacial score (nSPS) is 10.9. The van der Waals surface area contributed by atoms with Crippen LogP contribution in [0.3, 0.4) is 0 Å². The van der Waals surface area contributed by atoms with E-state index in [0.717, 1.165) is 22.8 Å². The number of rotatable bonds is 2. The van der Waals surface area contributed by atoms with Gasteiger partial charge in [-0.1, -0.05) is 0 Å². The molecule has 0 aliphatic rings. The van der Waals surface area contributed by atoms with Crippen molar-refractivity contribution in [1.29, 1.82) is 0 Å². The van der Waals surface area contributed by atoms with E-state index >= 15 is 0 Å². The Balaban J connectivity index is 2.18. The highest BCUT2D eigenvalue weighted by atomic mass is 14.8. The molecule has 24 heavy (non-hydrogen) atoms. The summed E-state index contributed by atoms with van der Waals surface area (Å²) in [5.41, 5.74) is 10.9. The molecule has 0 spiro atoms. The van der Waals surface area contributed by atoms with Crippen LogP contribution >= 0.6 is 0 Å². The summed E-state index contributed by atoms with van der Waals surface area (Å²) in [5.74, 6) is 0. The first-order valence-corrected chi connectivity index (χ1v) is 8.22. The number of aryl methyl sites for hydroxylation is 5. The molecule has 0 unspecified atom stereocenters. The Bertz CT molecular complexity index is 927. The van der Waals surface area contributed by atoms with Crippen molar-refractivity contribution in [1.82, 2.24) is 15.0 Å². The zero-order valence-corrected chi connectivity index (χ0v) is 15.2. The standard InChI is InChI=1S/C21H23N3/c1-12-7-18(22-10-15(12)4)19-9-14(3)17(6)21(24-19)20-8-13(2)16(5)11-23-20/h7-11H,1-6H3. The van der Waals surface area contributed by atoms with E-state index in [-0.39, 0.29) is 0 Å². The number of hydrogen-bond acceptors (Lipinski definition) is 3. The van der Waals surface area contributed by atoms with Gasteiger partial charge in [0.25, 0.3) is 0 Å². The van der Waals surface area contributed by atoms with Crippen molar-refractivity contribution in [3.63, 3.8) is 0 Å². The first kappa shape index (κ1) is 16.3. The molecule has 3 rings (SSSR count). The summed E-state index contributed by atoms with van der Waals surface area (Å²) in [6.45, 7) is 12.6. The lowest BCUT2D eigenvalue weighted by Crippen LogP contribution is -1.99. The Kier molecular flexibility index (Phi) is 4.18. The Hall–Kier alpha value is -2.55. The summed E-state index contributed by atoms with van der Waals surface area (Å²) in [6.07, 6.45) is 3.83. The van der Waals surface area contributed by atoms with Gasteiger partial charge in [-0.15, -0.1) is 0 Å². The van der Waals surface area contributed by atoms with Crippen LogP contribution in [-0.4, -0.2) is 15.0 Å². The minimum atomic E-state index is 0.899. The Morgan fingerprint density at radius 1 is 0.542 bits per heavy atom. The van der Waals surface area contributed by atoms with Crippen LogP contribution in [0.15, 0.2) is 30.6 Å². The van der Waals surface area contributed by atoms with E-state index in [1.54, 1.807) is 0 Å². The Morgan fingerprint density at radius 3 is 1.62 bits per heavy atom. The van der Waals surface area contributed by atoms with Gasteiger partial charge >= 0.3 is 0 Å². The van der Waals surface area contributed by atoms with Crippen molar-refractivity contribution < 1.29 is 0 Å². The van der Waals surface area contributed by atoms with Gasteiger partial charge in [-0.25, -0.2) is 4.98 Å². The van der Waals surface area contributed by atoms with Crippen LogP contribution in [-0.2, 0) is 0 Å². The largest absolute Gasteiger partial charge is 0.254 e.